The van der Waals surface area contributed by atoms with Gasteiger partial charge in [-0.3, -0.25) is 0 Å². The molecule has 0 unspecified atom stereocenters. The van der Waals surface area contributed by atoms with Gasteiger partial charge in [0.1, 0.15) is 10.8 Å². The molecule has 4 bridgehead atoms. The summed E-state index contributed by atoms with van der Waals surface area (Å²) in [7, 11) is 0. The minimum atomic E-state index is 0.472. The molecule has 33 heavy (non-hydrogen) atoms. The Kier molecular flexibility index (Phi) is 5.69. The minimum Gasteiger partial charge on any atom is -0.302 e. The van der Waals surface area contributed by atoms with Crippen LogP contribution in [0.3, 0.4) is 0 Å². The van der Waals surface area contributed by atoms with Crippen molar-refractivity contribution in [2.45, 2.75) is 69.3 Å². The van der Waals surface area contributed by atoms with E-state index in [1.54, 1.807) is 23.1 Å². The lowest BCUT2D eigenvalue weighted by Gasteiger charge is -2.56. The molecule has 4 saturated carbocycles. The molecule has 6 heteroatoms. The quantitative estimate of drug-likeness (QED) is 0.261. The summed E-state index contributed by atoms with van der Waals surface area (Å²) < 4.78 is 2.31. The highest BCUT2D eigenvalue weighted by Gasteiger charge is 2.51. The Morgan fingerprint density at radius 3 is 2.61 bits per heavy atom. The summed E-state index contributed by atoms with van der Waals surface area (Å²) in [6.45, 7) is 6.92. The van der Waals surface area contributed by atoms with E-state index in [2.05, 4.69) is 52.8 Å². The molecule has 0 atom stereocenters. The van der Waals surface area contributed by atoms with Gasteiger partial charge in [-0.05, 0) is 74.7 Å². The van der Waals surface area contributed by atoms with Crippen LogP contribution in [0.1, 0.15) is 55.6 Å². The Bertz CT molecular complexity index is 1130. The topological polar surface area (TPSA) is 43.6 Å². The number of hydrogen-bond donors (Lipinski definition) is 0. The number of allylic oxidation sites excluding steroid dienone is 1. The zero-order valence-electron chi connectivity index (χ0n) is 19.4. The Labute approximate surface area is 204 Å². The molecule has 2 aromatic heterocycles. The third-order valence-electron chi connectivity index (χ3n) is 7.97. The molecule has 0 N–H and O–H groups in total. The summed E-state index contributed by atoms with van der Waals surface area (Å²) in [6.07, 6.45) is 11.7. The molecule has 4 fully saturated rings. The molecule has 1 aromatic carbocycles. The van der Waals surface area contributed by atoms with Crippen LogP contribution in [0.25, 0.3) is 10.6 Å². The average molecular weight is 477 g/mol. The highest BCUT2D eigenvalue weighted by atomic mass is 32.2. The summed E-state index contributed by atoms with van der Waals surface area (Å²) >= 11 is 3.47. The van der Waals surface area contributed by atoms with E-state index in [1.165, 1.54) is 49.7 Å². The van der Waals surface area contributed by atoms with Crippen molar-refractivity contribution in [3.05, 3.63) is 59.4 Å². The highest BCUT2D eigenvalue weighted by Crippen LogP contribution is 2.61. The van der Waals surface area contributed by atoms with Crippen molar-refractivity contribution in [1.29, 1.82) is 0 Å². The van der Waals surface area contributed by atoms with Crippen molar-refractivity contribution < 1.29 is 0 Å². The van der Waals surface area contributed by atoms with Gasteiger partial charge in [0, 0.05) is 29.7 Å². The van der Waals surface area contributed by atoms with E-state index in [-0.39, 0.29) is 0 Å². The Hall–Kier alpha value is -1.92. The fourth-order valence-corrected chi connectivity index (χ4v) is 8.91. The second-order valence-corrected chi connectivity index (χ2v) is 12.5. The second kappa shape index (κ2) is 8.70. The van der Waals surface area contributed by atoms with E-state index in [9.17, 15) is 0 Å². The zero-order valence-corrected chi connectivity index (χ0v) is 21.0. The fraction of sp³-hybridized carbons (Fsp3) is 0.519. The molecule has 0 aliphatic heterocycles. The Balaban J connectivity index is 1.17. The number of aryl methyl sites for hydroxylation is 1. The van der Waals surface area contributed by atoms with Gasteiger partial charge in [-0.2, -0.15) is 0 Å². The third kappa shape index (κ3) is 4.32. The second-order valence-electron chi connectivity index (χ2n) is 10.7. The molecule has 2 heterocycles. The van der Waals surface area contributed by atoms with Crippen molar-refractivity contribution in [3.8, 4) is 10.6 Å². The lowest BCUT2D eigenvalue weighted by atomic mass is 9.49. The van der Waals surface area contributed by atoms with E-state index < -0.39 is 0 Å². The lowest BCUT2D eigenvalue weighted by molar-refractivity contribution is -0.0535. The number of hydrogen-bond acceptors (Lipinski definition) is 5. The van der Waals surface area contributed by atoms with Crippen LogP contribution in [0, 0.1) is 30.1 Å². The van der Waals surface area contributed by atoms with Crippen molar-refractivity contribution in [2.75, 3.05) is 0 Å². The molecule has 0 amide bonds. The molecular weight excluding hydrogens is 444 g/mol. The Morgan fingerprint density at radius 1 is 1.15 bits per heavy atom. The standard InChI is InChI=1S/C27H32N4S2/c1-3-7-31-24(15-27-12-19-9-20(13-27)11-21(10-19)14-27)29-30-26(31)33-17-23-16-32-25(28-23)22-6-4-5-18(2)8-22/h3-6,8,16,19-21H,1,7,9-15,17H2,2H3. The van der Waals surface area contributed by atoms with Gasteiger partial charge in [0.2, 0.25) is 0 Å². The van der Waals surface area contributed by atoms with Crippen molar-refractivity contribution in [2.24, 2.45) is 23.2 Å². The monoisotopic (exact) mass is 476 g/mol. The first-order valence-electron chi connectivity index (χ1n) is 12.3. The summed E-state index contributed by atoms with van der Waals surface area (Å²) in [5, 5.41) is 13.6. The number of rotatable bonds is 8. The maximum Gasteiger partial charge on any atom is 0.191 e. The van der Waals surface area contributed by atoms with E-state index in [0.717, 1.165) is 58.2 Å². The van der Waals surface area contributed by atoms with E-state index in [4.69, 9.17) is 10.1 Å². The Morgan fingerprint density at radius 2 is 1.91 bits per heavy atom. The predicted octanol–water partition coefficient (Wildman–Crippen LogP) is 6.95. The van der Waals surface area contributed by atoms with Gasteiger partial charge < -0.3 is 4.57 Å². The van der Waals surface area contributed by atoms with Crippen LogP contribution in [-0.2, 0) is 18.7 Å². The maximum absolute atomic E-state index is 4.89. The van der Waals surface area contributed by atoms with Crippen LogP contribution >= 0.6 is 23.1 Å². The van der Waals surface area contributed by atoms with E-state index in [1.807, 2.05) is 6.08 Å². The van der Waals surface area contributed by atoms with E-state index >= 15 is 0 Å². The van der Waals surface area contributed by atoms with Crippen molar-refractivity contribution in [1.82, 2.24) is 19.7 Å². The summed E-state index contributed by atoms with van der Waals surface area (Å²) in [5.41, 5.74) is 4.05. The fourth-order valence-electron chi connectivity index (χ4n) is 7.13. The zero-order chi connectivity index (χ0) is 22.4. The predicted molar refractivity (Wildman–Crippen MR) is 136 cm³/mol. The van der Waals surface area contributed by atoms with Gasteiger partial charge >= 0.3 is 0 Å². The SMILES string of the molecule is C=CCn1c(CC23CC4CC(CC(C4)C2)C3)nnc1SCc1csc(-c2cccc(C)c2)n1. The molecule has 0 saturated heterocycles. The first-order valence-corrected chi connectivity index (χ1v) is 14.1. The first kappa shape index (κ1) is 21.6. The molecule has 0 radical (unpaired) electrons. The molecule has 3 aromatic rings. The van der Waals surface area contributed by atoms with Crippen molar-refractivity contribution >= 4 is 23.1 Å². The smallest absolute Gasteiger partial charge is 0.191 e. The molecule has 4 nitrogen and oxygen atoms in total. The van der Waals surface area contributed by atoms with Gasteiger partial charge in [-0.15, -0.1) is 28.1 Å². The minimum absolute atomic E-state index is 0.472. The van der Waals surface area contributed by atoms with Crippen LogP contribution in [0.2, 0.25) is 0 Å². The molecule has 4 aliphatic rings. The number of aromatic nitrogens is 4. The van der Waals surface area contributed by atoms with E-state index in [0.29, 0.717) is 5.41 Å². The van der Waals surface area contributed by atoms with Crippen molar-refractivity contribution in [3.63, 3.8) is 0 Å². The molecule has 0 spiro atoms. The first-order chi connectivity index (χ1) is 16.1. The van der Waals surface area contributed by atoms with Crippen LogP contribution in [-0.4, -0.2) is 19.7 Å². The summed E-state index contributed by atoms with van der Waals surface area (Å²) in [4.78, 5) is 4.89. The maximum atomic E-state index is 4.89. The van der Waals surface area contributed by atoms with Gasteiger partial charge in [0.25, 0.3) is 0 Å². The number of thioether (sulfide) groups is 1. The molecule has 7 rings (SSSR count). The molecule has 4 aliphatic carbocycles. The largest absolute Gasteiger partial charge is 0.302 e. The van der Waals surface area contributed by atoms with Gasteiger partial charge in [0.15, 0.2) is 5.16 Å². The summed E-state index contributed by atoms with van der Waals surface area (Å²) in [5.74, 6) is 4.88. The van der Waals surface area contributed by atoms with Crippen LogP contribution < -0.4 is 0 Å². The van der Waals surface area contributed by atoms with Gasteiger partial charge in [-0.25, -0.2) is 4.98 Å². The lowest BCUT2D eigenvalue weighted by Crippen LogP contribution is -2.47. The normalized spacial score (nSPS) is 27.8. The van der Waals surface area contributed by atoms with Crippen LogP contribution in [0.15, 0.2) is 47.5 Å². The number of benzene rings is 1. The van der Waals surface area contributed by atoms with Gasteiger partial charge in [-0.1, -0.05) is 41.6 Å². The highest BCUT2D eigenvalue weighted by molar-refractivity contribution is 7.98. The molecule has 172 valence electrons. The van der Waals surface area contributed by atoms with Crippen LogP contribution in [0.5, 0.6) is 0 Å². The molecular formula is C27H32N4S2. The summed E-state index contributed by atoms with van der Waals surface area (Å²) in [6, 6.07) is 8.57. The number of thiazole rings is 1. The van der Waals surface area contributed by atoms with Gasteiger partial charge in [0.05, 0.1) is 5.69 Å². The average Bonchev–Trinajstić information content (AvgIpc) is 3.39. The van der Waals surface area contributed by atoms with Crippen LogP contribution in [0.4, 0.5) is 0 Å². The number of nitrogens with zero attached hydrogens (tertiary/aromatic N) is 4. The third-order valence-corrected chi connectivity index (χ3v) is 9.91.